The molecule has 94 valence electrons. The van der Waals surface area contributed by atoms with Crippen molar-refractivity contribution in [1.29, 1.82) is 0 Å². The molecule has 1 aromatic heterocycles. The van der Waals surface area contributed by atoms with E-state index in [-0.39, 0.29) is 17.2 Å². The number of hydrogen-bond acceptors (Lipinski definition) is 3. The fourth-order valence-electron chi connectivity index (χ4n) is 1.34. The third-order valence-corrected chi connectivity index (χ3v) is 2.93. The highest BCUT2D eigenvalue weighted by Crippen LogP contribution is 2.23. The van der Waals surface area contributed by atoms with Gasteiger partial charge in [-0.1, -0.05) is 11.6 Å². The Hall–Kier alpha value is -1.46. The molecule has 0 aliphatic heterocycles. The van der Waals surface area contributed by atoms with Crippen LogP contribution in [0.3, 0.4) is 0 Å². The zero-order chi connectivity index (χ0) is 13.1. The summed E-state index contributed by atoms with van der Waals surface area (Å²) in [4.78, 5) is 10.9. The lowest BCUT2D eigenvalue weighted by Gasteiger charge is -2.06. The first-order valence-corrected chi connectivity index (χ1v) is 6.13. The van der Waals surface area contributed by atoms with E-state index in [2.05, 4.69) is 15.9 Å². The minimum Gasteiger partial charge on any atom is -0.486 e. The van der Waals surface area contributed by atoms with Crippen molar-refractivity contribution in [2.45, 2.75) is 6.61 Å². The molecule has 4 nitrogen and oxygen atoms in total. The van der Waals surface area contributed by atoms with Crippen molar-refractivity contribution < 1.29 is 19.1 Å². The van der Waals surface area contributed by atoms with Crippen LogP contribution in [0.4, 0.5) is 0 Å². The van der Waals surface area contributed by atoms with E-state index in [1.807, 2.05) is 0 Å². The van der Waals surface area contributed by atoms with E-state index in [1.54, 1.807) is 18.2 Å². The van der Waals surface area contributed by atoms with Crippen LogP contribution in [0.5, 0.6) is 5.75 Å². The number of carbonyl (C=O) groups is 1. The molecule has 1 aromatic carbocycles. The SMILES string of the molecule is O=C(O)c1cc(OCc2ccc(Br)o2)ccc1Cl. The number of furan rings is 1. The number of benzene rings is 1. The van der Waals surface area contributed by atoms with Crippen LogP contribution >= 0.6 is 27.5 Å². The van der Waals surface area contributed by atoms with Gasteiger partial charge in [0.2, 0.25) is 0 Å². The smallest absolute Gasteiger partial charge is 0.337 e. The molecule has 0 saturated heterocycles. The molecule has 0 spiro atoms. The van der Waals surface area contributed by atoms with Gasteiger partial charge >= 0.3 is 5.97 Å². The molecule has 2 aromatic rings. The van der Waals surface area contributed by atoms with E-state index >= 15 is 0 Å². The van der Waals surface area contributed by atoms with Gasteiger partial charge < -0.3 is 14.3 Å². The summed E-state index contributed by atoms with van der Waals surface area (Å²) >= 11 is 8.93. The zero-order valence-corrected chi connectivity index (χ0v) is 11.4. The lowest BCUT2D eigenvalue weighted by Crippen LogP contribution is -1.99. The molecule has 1 N–H and O–H groups in total. The molecular weight excluding hydrogens is 323 g/mol. The van der Waals surface area contributed by atoms with Crippen molar-refractivity contribution in [3.8, 4) is 5.75 Å². The van der Waals surface area contributed by atoms with Crippen LogP contribution in [-0.2, 0) is 6.61 Å². The molecule has 0 aliphatic carbocycles. The second kappa shape index (κ2) is 5.46. The Balaban J connectivity index is 2.10. The zero-order valence-electron chi connectivity index (χ0n) is 9.02. The number of ether oxygens (including phenoxy) is 1. The topological polar surface area (TPSA) is 59.7 Å². The van der Waals surface area contributed by atoms with E-state index in [0.717, 1.165) is 0 Å². The van der Waals surface area contributed by atoms with Crippen LogP contribution in [0.1, 0.15) is 16.1 Å². The van der Waals surface area contributed by atoms with Crippen molar-refractivity contribution in [2.75, 3.05) is 0 Å². The van der Waals surface area contributed by atoms with Gasteiger partial charge in [-0.25, -0.2) is 4.79 Å². The molecule has 18 heavy (non-hydrogen) atoms. The van der Waals surface area contributed by atoms with E-state index in [4.69, 9.17) is 25.9 Å². The van der Waals surface area contributed by atoms with E-state index in [1.165, 1.54) is 12.1 Å². The monoisotopic (exact) mass is 330 g/mol. The predicted molar refractivity (Wildman–Crippen MR) is 69.2 cm³/mol. The van der Waals surface area contributed by atoms with Gasteiger partial charge in [0.25, 0.3) is 0 Å². The summed E-state index contributed by atoms with van der Waals surface area (Å²) in [6.07, 6.45) is 0. The van der Waals surface area contributed by atoms with E-state index < -0.39 is 5.97 Å². The molecule has 0 amide bonds. The fraction of sp³-hybridized carbons (Fsp3) is 0.0833. The van der Waals surface area contributed by atoms with Gasteiger partial charge in [0, 0.05) is 0 Å². The Kier molecular flexibility index (Phi) is 3.93. The van der Waals surface area contributed by atoms with Crippen LogP contribution in [0.2, 0.25) is 5.02 Å². The minimum absolute atomic E-state index is 0.00907. The molecule has 2 rings (SSSR count). The maximum Gasteiger partial charge on any atom is 0.337 e. The Labute approximate surface area is 116 Å². The standard InChI is InChI=1S/C12H8BrClO4/c13-11-4-2-8(18-11)6-17-7-1-3-10(14)9(5-7)12(15)16/h1-5H,6H2,(H,15,16). The Morgan fingerprint density at radius 2 is 2.17 bits per heavy atom. The molecule has 0 atom stereocenters. The Morgan fingerprint density at radius 3 is 2.78 bits per heavy atom. The maximum atomic E-state index is 10.9. The van der Waals surface area contributed by atoms with Crippen LogP contribution in [0.25, 0.3) is 0 Å². The van der Waals surface area contributed by atoms with Gasteiger partial charge in [-0.05, 0) is 46.3 Å². The second-order valence-corrected chi connectivity index (χ2v) is 4.63. The lowest BCUT2D eigenvalue weighted by atomic mass is 10.2. The summed E-state index contributed by atoms with van der Waals surface area (Å²) in [7, 11) is 0. The molecule has 0 bridgehead atoms. The highest BCUT2D eigenvalue weighted by molar-refractivity contribution is 9.10. The Bertz CT molecular complexity index is 579. The molecule has 6 heteroatoms. The lowest BCUT2D eigenvalue weighted by molar-refractivity contribution is 0.0696. The predicted octanol–water partition coefficient (Wildman–Crippen LogP) is 3.97. The first-order chi connectivity index (χ1) is 8.56. The van der Waals surface area contributed by atoms with Crippen molar-refractivity contribution in [3.05, 3.63) is 51.3 Å². The number of aromatic carboxylic acids is 1. The summed E-state index contributed by atoms with van der Waals surface area (Å²) < 4.78 is 11.3. The third kappa shape index (κ3) is 3.05. The summed E-state index contributed by atoms with van der Waals surface area (Å²) in [5.41, 5.74) is 0.00907. The van der Waals surface area contributed by atoms with Gasteiger partial charge in [-0.15, -0.1) is 0 Å². The molecule has 0 fully saturated rings. The minimum atomic E-state index is -1.09. The number of rotatable bonds is 4. The van der Waals surface area contributed by atoms with Gasteiger partial charge in [-0.2, -0.15) is 0 Å². The summed E-state index contributed by atoms with van der Waals surface area (Å²) in [6.45, 7) is 0.215. The molecule has 0 unspecified atom stereocenters. The van der Waals surface area contributed by atoms with Gasteiger partial charge in [0.15, 0.2) is 4.67 Å². The van der Waals surface area contributed by atoms with Crippen molar-refractivity contribution in [3.63, 3.8) is 0 Å². The van der Waals surface area contributed by atoms with Gasteiger partial charge in [0.05, 0.1) is 10.6 Å². The van der Waals surface area contributed by atoms with Crippen LogP contribution in [0, 0.1) is 0 Å². The first-order valence-electron chi connectivity index (χ1n) is 4.96. The maximum absolute atomic E-state index is 10.9. The summed E-state index contributed by atoms with van der Waals surface area (Å²) in [5.74, 6) is -0.0378. The van der Waals surface area contributed by atoms with Gasteiger partial charge in [0.1, 0.15) is 18.1 Å². The highest BCUT2D eigenvalue weighted by Gasteiger charge is 2.10. The van der Waals surface area contributed by atoms with E-state index in [9.17, 15) is 4.79 Å². The fourth-order valence-corrected chi connectivity index (χ4v) is 1.88. The first kappa shape index (κ1) is 13.0. The normalized spacial score (nSPS) is 10.3. The molecule has 0 aliphatic rings. The average Bonchev–Trinajstić information content (AvgIpc) is 2.74. The third-order valence-electron chi connectivity index (χ3n) is 2.18. The van der Waals surface area contributed by atoms with Crippen LogP contribution < -0.4 is 4.74 Å². The van der Waals surface area contributed by atoms with E-state index in [0.29, 0.717) is 16.2 Å². The molecule has 1 heterocycles. The largest absolute Gasteiger partial charge is 0.486 e. The van der Waals surface area contributed by atoms with Crippen molar-refractivity contribution in [2.24, 2.45) is 0 Å². The number of hydrogen-bond donors (Lipinski definition) is 1. The number of halogens is 2. The van der Waals surface area contributed by atoms with Crippen molar-refractivity contribution >= 4 is 33.5 Å². The quantitative estimate of drug-likeness (QED) is 0.921. The van der Waals surface area contributed by atoms with Crippen molar-refractivity contribution in [1.82, 2.24) is 0 Å². The number of carboxylic acid groups (broad SMARTS) is 1. The summed E-state index contributed by atoms with van der Waals surface area (Å²) in [5, 5.41) is 9.09. The van der Waals surface area contributed by atoms with Gasteiger partial charge in [-0.3, -0.25) is 0 Å². The highest BCUT2D eigenvalue weighted by atomic mass is 79.9. The molecule has 0 saturated carbocycles. The molecule has 0 radical (unpaired) electrons. The number of carboxylic acids is 1. The Morgan fingerprint density at radius 1 is 1.39 bits per heavy atom. The average molecular weight is 332 g/mol. The van der Waals surface area contributed by atoms with Crippen LogP contribution in [-0.4, -0.2) is 11.1 Å². The summed E-state index contributed by atoms with van der Waals surface area (Å²) in [6, 6.07) is 7.98. The van der Waals surface area contributed by atoms with Crippen LogP contribution in [0.15, 0.2) is 39.4 Å². The second-order valence-electron chi connectivity index (χ2n) is 3.44. The molecular formula is C12H8BrClO4.